The van der Waals surface area contributed by atoms with Crippen molar-refractivity contribution in [1.82, 2.24) is 10.1 Å². The Bertz CT molecular complexity index is 627. The van der Waals surface area contributed by atoms with Gasteiger partial charge in [-0.05, 0) is 24.6 Å². The van der Waals surface area contributed by atoms with Crippen molar-refractivity contribution in [2.24, 2.45) is 5.73 Å². The maximum absolute atomic E-state index is 13.1. The Morgan fingerprint density at radius 1 is 1.38 bits per heavy atom. The normalized spacial score (nSPS) is 13.4. The van der Waals surface area contributed by atoms with Crippen molar-refractivity contribution in [1.29, 1.82) is 0 Å². The molecule has 4 nitrogen and oxygen atoms in total. The van der Waals surface area contributed by atoms with E-state index < -0.39 is 11.7 Å². The maximum Gasteiger partial charge on any atom is 0.417 e. The molecule has 0 bridgehead atoms. The van der Waals surface area contributed by atoms with Crippen LogP contribution in [0, 0.1) is 0 Å². The number of rotatable bonds is 4. The first-order valence-electron chi connectivity index (χ1n) is 6.26. The quantitative estimate of drug-likeness (QED) is 0.897. The lowest BCUT2D eigenvalue weighted by Crippen LogP contribution is -2.21. The molecule has 1 atom stereocenters. The van der Waals surface area contributed by atoms with Gasteiger partial charge in [-0.25, -0.2) is 0 Å². The second kappa shape index (κ2) is 6.15. The molecule has 0 aliphatic carbocycles. The zero-order valence-electron chi connectivity index (χ0n) is 11.1. The molecule has 0 spiro atoms. The minimum absolute atomic E-state index is 0.144. The molecule has 21 heavy (non-hydrogen) atoms. The molecule has 1 aromatic carbocycles. The van der Waals surface area contributed by atoms with Gasteiger partial charge in [0.05, 0.1) is 11.1 Å². The standard InChI is InChI=1S/C13H13BrF3N3O/c1-2-8(18)6-11-19-12(21-20-11)9-4-3-7(14)5-10(9)13(15,16)17/h3-5,8H,2,6,18H2,1H3. The third-order valence-corrected chi connectivity index (χ3v) is 3.45. The van der Waals surface area contributed by atoms with Crippen LogP contribution in [-0.4, -0.2) is 16.2 Å². The van der Waals surface area contributed by atoms with Crippen LogP contribution in [0.25, 0.3) is 11.5 Å². The van der Waals surface area contributed by atoms with Crippen LogP contribution in [0.4, 0.5) is 13.2 Å². The fourth-order valence-corrected chi connectivity index (χ4v) is 2.12. The molecule has 1 heterocycles. The topological polar surface area (TPSA) is 64.9 Å². The number of nitrogens with zero attached hydrogens (tertiary/aromatic N) is 2. The molecule has 0 amide bonds. The SMILES string of the molecule is CCC(N)Cc1noc(-c2ccc(Br)cc2C(F)(F)F)n1. The number of hydrogen-bond donors (Lipinski definition) is 1. The van der Waals surface area contributed by atoms with E-state index in [4.69, 9.17) is 10.3 Å². The Hall–Kier alpha value is -1.41. The second-order valence-electron chi connectivity index (χ2n) is 4.58. The van der Waals surface area contributed by atoms with Crippen LogP contribution in [0.3, 0.4) is 0 Å². The zero-order chi connectivity index (χ0) is 15.6. The first-order valence-corrected chi connectivity index (χ1v) is 7.05. The third-order valence-electron chi connectivity index (χ3n) is 2.95. The smallest absolute Gasteiger partial charge is 0.334 e. The highest BCUT2D eigenvalue weighted by Crippen LogP contribution is 2.38. The van der Waals surface area contributed by atoms with Gasteiger partial charge >= 0.3 is 6.18 Å². The summed E-state index contributed by atoms with van der Waals surface area (Å²) in [6.07, 6.45) is -3.43. The number of nitrogens with two attached hydrogens (primary N) is 1. The van der Waals surface area contributed by atoms with E-state index in [0.717, 1.165) is 12.5 Å². The lowest BCUT2D eigenvalue weighted by molar-refractivity contribution is -0.137. The maximum atomic E-state index is 13.1. The van der Waals surface area contributed by atoms with Gasteiger partial charge in [-0.1, -0.05) is 28.0 Å². The summed E-state index contributed by atoms with van der Waals surface area (Å²) < 4.78 is 44.4. The lowest BCUT2D eigenvalue weighted by Gasteiger charge is -2.10. The Kier molecular flexibility index (Phi) is 4.67. The Balaban J connectivity index is 2.39. The average Bonchev–Trinajstić information content (AvgIpc) is 2.85. The van der Waals surface area contributed by atoms with Crippen LogP contribution in [0.15, 0.2) is 27.2 Å². The van der Waals surface area contributed by atoms with E-state index in [1.165, 1.54) is 12.1 Å². The second-order valence-corrected chi connectivity index (χ2v) is 5.49. The van der Waals surface area contributed by atoms with Gasteiger partial charge in [0, 0.05) is 16.9 Å². The molecule has 8 heteroatoms. The van der Waals surface area contributed by atoms with Crippen molar-refractivity contribution in [3.8, 4) is 11.5 Å². The molecule has 0 aliphatic rings. The summed E-state index contributed by atoms with van der Waals surface area (Å²) >= 11 is 3.03. The number of alkyl halides is 3. The van der Waals surface area contributed by atoms with Crippen molar-refractivity contribution in [3.63, 3.8) is 0 Å². The van der Waals surface area contributed by atoms with E-state index >= 15 is 0 Å². The van der Waals surface area contributed by atoms with Crippen LogP contribution >= 0.6 is 15.9 Å². The van der Waals surface area contributed by atoms with Gasteiger partial charge < -0.3 is 10.3 Å². The molecule has 0 radical (unpaired) electrons. The lowest BCUT2D eigenvalue weighted by atomic mass is 10.1. The molecule has 0 saturated heterocycles. The number of halogens is 4. The summed E-state index contributed by atoms with van der Waals surface area (Å²) in [5, 5.41) is 3.68. The zero-order valence-corrected chi connectivity index (χ0v) is 12.7. The van der Waals surface area contributed by atoms with Gasteiger partial charge in [0.2, 0.25) is 0 Å². The molecule has 114 valence electrons. The van der Waals surface area contributed by atoms with E-state index in [1.54, 1.807) is 0 Å². The molecule has 0 aliphatic heterocycles. The summed E-state index contributed by atoms with van der Waals surface area (Å²) in [6, 6.07) is 3.62. The molecular formula is C13H13BrF3N3O. The molecule has 0 fully saturated rings. The van der Waals surface area contributed by atoms with Crippen LogP contribution in [0.1, 0.15) is 24.7 Å². The van der Waals surface area contributed by atoms with Gasteiger partial charge in [0.1, 0.15) is 0 Å². The third kappa shape index (κ3) is 3.82. The van der Waals surface area contributed by atoms with Crippen LogP contribution in [0.2, 0.25) is 0 Å². The van der Waals surface area contributed by atoms with Crippen molar-refractivity contribution in [3.05, 3.63) is 34.1 Å². The van der Waals surface area contributed by atoms with E-state index in [9.17, 15) is 13.2 Å². The van der Waals surface area contributed by atoms with Gasteiger partial charge in [-0.2, -0.15) is 18.2 Å². The molecule has 1 aromatic heterocycles. The van der Waals surface area contributed by atoms with Gasteiger partial charge in [0.25, 0.3) is 5.89 Å². The predicted molar refractivity (Wildman–Crippen MR) is 74.4 cm³/mol. The molecule has 2 rings (SSSR count). The van der Waals surface area contributed by atoms with Crippen molar-refractivity contribution in [2.75, 3.05) is 0 Å². The molecule has 2 N–H and O–H groups in total. The van der Waals surface area contributed by atoms with Crippen molar-refractivity contribution >= 4 is 15.9 Å². The highest BCUT2D eigenvalue weighted by atomic mass is 79.9. The van der Waals surface area contributed by atoms with E-state index in [-0.39, 0.29) is 17.5 Å². The number of benzene rings is 1. The fourth-order valence-electron chi connectivity index (χ4n) is 1.76. The van der Waals surface area contributed by atoms with Crippen LogP contribution in [-0.2, 0) is 12.6 Å². The first-order chi connectivity index (χ1) is 9.81. The molecule has 0 saturated carbocycles. The van der Waals surface area contributed by atoms with Gasteiger partial charge in [-0.15, -0.1) is 0 Å². The minimum Gasteiger partial charge on any atom is -0.334 e. The van der Waals surface area contributed by atoms with E-state index in [2.05, 4.69) is 26.1 Å². The summed E-state index contributed by atoms with van der Waals surface area (Å²) in [6.45, 7) is 1.90. The molecule has 1 unspecified atom stereocenters. The predicted octanol–water partition coefficient (Wildman–Crippen LogP) is 3.80. The van der Waals surface area contributed by atoms with Crippen molar-refractivity contribution in [2.45, 2.75) is 32.0 Å². The number of aromatic nitrogens is 2. The highest BCUT2D eigenvalue weighted by molar-refractivity contribution is 9.10. The Morgan fingerprint density at radius 3 is 2.71 bits per heavy atom. The molecule has 2 aromatic rings. The first kappa shape index (κ1) is 16.0. The summed E-state index contributed by atoms with van der Waals surface area (Å²) in [7, 11) is 0. The Labute approximate surface area is 127 Å². The average molecular weight is 364 g/mol. The van der Waals surface area contributed by atoms with Gasteiger partial charge in [0.15, 0.2) is 5.82 Å². The fraction of sp³-hybridized carbons (Fsp3) is 0.385. The van der Waals surface area contributed by atoms with Crippen LogP contribution in [0.5, 0.6) is 0 Å². The summed E-state index contributed by atoms with van der Waals surface area (Å²) in [4.78, 5) is 4.00. The van der Waals surface area contributed by atoms with Crippen LogP contribution < -0.4 is 5.73 Å². The largest absolute Gasteiger partial charge is 0.417 e. The highest BCUT2D eigenvalue weighted by Gasteiger charge is 2.35. The van der Waals surface area contributed by atoms with E-state index in [1.807, 2.05) is 6.92 Å². The van der Waals surface area contributed by atoms with E-state index in [0.29, 0.717) is 16.7 Å². The summed E-state index contributed by atoms with van der Waals surface area (Å²) in [5.41, 5.74) is 4.79. The Morgan fingerprint density at radius 2 is 2.10 bits per heavy atom. The number of hydrogen-bond acceptors (Lipinski definition) is 4. The van der Waals surface area contributed by atoms with Crippen molar-refractivity contribution < 1.29 is 17.7 Å². The summed E-state index contributed by atoms with van der Waals surface area (Å²) in [5.74, 6) is 0.142. The molecular weight excluding hydrogens is 351 g/mol. The monoisotopic (exact) mass is 363 g/mol. The minimum atomic E-state index is -4.51. The van der Waals surface area contributed by atoms with Gasteiger partial charge in [-0.3, -0.25) is 0 Å².